The number of nitroso groups, excluding NO2 is 1. The molecule has 1 aromatic heterocycles. The fourth-order valence-corrected chi connectivity index (χ4v) is 1.96. The summed E-state index contributed by atoms with van der Waals surface area (Å²) in [5, 5.41) is 7.00. The van der Waals surface area contributed by atoms with Gasteiger partial charge in [0, 0.05) is 14.7 Å². The Labute approximate surface area is 96.8 Å². The maximum absolute atomic E-state index is 10.4. The van der Waals surface area contributed by atoms with Gasteiger partial charge >= 0.3 is 0 Å². The molecule has 16 heavy (non-hydrogen) atoms. The van der Waals surface area contributed by atoms with Gasteiger partial charge in [0.1, 0.15) is 12.4 Å². The van der Waals surface area contributed by atoms with Gasteiger partial charge in [0.05, 0.1) is 11.9 Å². The number of ether oxygens (including phenoxy) is 1. The third-order valence-electron chi connectivity index (χ3n) is 2.24. The molecule has 0 aliphatic rings. The average molecular weight is 241 g/mol. The van der Waals surface area contributed by atoms with E-state index in [1.165, 1.54) is 0 Å². The van der Waals surface area contributed by atoms with Gasteiger partial charge in [-0.2, -0.15) is 5.10 Å². The Morgan fingerprint density at radius 3 is 2.69 bits per heavy atom. The highest BCUT2D eigenvalue weighted by Gasteiger charge is 2.12. The molecule has 0 aromatic carbocycles. The summed E-state index contributed by atoms with van der Waals surface area (Å²) in [6, 6.07) is 1.13. The third-order valence-corrected chi connectivity index (χ3v) is 3.94. The standard InChI is InChI=1S/C10H19N3O2Si/c1-9-10(12-14)7-13(11-9)8-15-5-6-16(2,3)4/h7H,5-6,8H2,1-4H3. The van der Waals surface area contributed by atoms with Crippen LogP contribution in [0.3, 0.4) is 0 Å². The van der Waals surface area contributed by atoms with Crippen molar-refractivity contribution in [3.63, 3.8) is 0 Å². The first-order chi connectivity index (χ1) is 7.42. The molecule has 5 nitrogen and oxygen atoms in total. The van der Waals surface area contributed by atoms with Crippen molar-refractivity contribution in [1.29, 1.82) is 0 Å². The number of hydrogen-bond donors (Lipinski definition) is 0. The summed E-state index contributed by atoms with van der Waals surface area (Å²) in [6.07, 6.45) is 1.61. The second-order valence-electron chi connectivity index (χ2n) is 5.08. The van der Waals surface area contributed by atoms with Crippen LogP contribution < -0.4 is 0 Å². The van der Waals surface area contributed by atoms with E-state index in [0.717, 1.165) is 12.7 Å². The van der Waals surface area contributed by atoms with Crippen LogP contribution in [0.5, 0.6) is 0 Å². The first kappa shape index (κ1) is 13.1. The van der Waals surface area contributed by atoms with E-state index in [0.29, 0.717) is 18.1 Å². The largest absolute Gasteiger partial charge is 0.360 e. The minimum absolute atomic E-state index is 0.383. The molecule has 0 fully saturated rings. The molecule has 0 saturated heterocycles. The summed E-state index contributed by atoms with van der Waals surface area (Å²) in [4.78, 5) is 10.4. The quantitative estimate of drug-likeness (QED) is 0.437. The Morgan fingerprint density at radius 2 is 2.19 bits per heavy atom. The van der Waals surface area contributed by atoms with Crippen molar-refractivity contribution < 1.29 is 4.74 Å². The molecule has 90 valence electrons. The minimum atomic E-state index is -1.03. The molecule has 0 unspecified atom stereocenters. The fourth-order valence-electron chi connectivity index (χ4n) is 1.20. The van der Waals surface area contributed by atoms with Crippen molar-refractivity contribution >= 4 is 13.8 Å². The summed E-state index contributed by atoms with van der Waals surface area (Å²) >= 11 is 0. The molecule has 0 N–H and O–H groups in total. The number of rotatable bonds is 6. The lowest BCUT2D eigenvalue weighted by atomic mass is 10.4. The first-order valence-electron chi connectivity index (χ1n) is 5.37. The van der Waals surface area contributed by atoms with Gasteiger partial charge in [0.2, 0.25) is 0 Å². The van der Waals surface area contributed by atoms with E-state index in [1.54, 1.807) is 17.8 Å². The van der Waals surface area contributed by atoms with Crippen molar-refractivity contribution in [2.24, 2.45) is 5.18 Å². The molecule has 0 bridgehead atoms. The van der Waals surface area contributed by atoms with Crippen molar-refractivity contribution in [2.45, 2.75) is 39.3 Å². The van der Waals surface area contributed by atoms with Gasteiger partial charge in [0.15, 0.2) is 0 Å². The van der Waals surface area contributed by atoms with E-state index >= 15 is 0 Å². The highest BCUT2D eigenvalue weighted by Crippen LogP contribution is 2.15. The smallest absolute Gasteiger partial charge is 0.148 e. The Hall–Kier alpha value is -1.01. The van der Waals surface area contributed by atoms with E-state index in [1.807, 2.05) is 0 Å². The number of aryl methyl sites for hydroxylation is 1. The van der Waals surface area contributed by atoms with Gasteiger partial charge in [-0.05, 0) is 18.1 Å². The second-order valence-corrected chi connectivity index (χ2v) is 10.7. The highest BCUT2D eigenvalue weighted by molar-refractivity contribution is 6.76. The van der Waals surface area contributed by atoms with E-state index in [9.17, 15) is 4.91 Å². The number of hydrogen-bond acceptors (Lipinski definition) is 4. The average Bonchev–Trinajstić information content (AvgIpc) is 2.52. The Morgan fingerprint density at radius 1 is 1.50 bits per heavy atom. The Kier molecular flexibility index (Phi) is 4.37. The van der Waals surface area contributed by atoms with Gasteiger partial charge in [-0.1, -0.05) is 19.6 Å². The number of nitrogens with zero attached hydrogens (tertiary/aromatic N) is 3. The summed E-state index contributed by atoms with van der Waals surface area (Å²) in [6.45, 7) is 9.82. The van der Waals surface area contributed by atoms with E-state index in [2.05, 4.69) is 29.9 Å². The Balaban J connectivity index is 2.35. The third kappa shape index (κ3) is 4.24. The molecule has 1 heterocycles. The highest BCUT2D eigenvalue weighted by atomic mass is 28.3. The lowest BCUT2D eigenvalue weighted by Gasteiger charge is -2.15. The molecule has 0 aliphatic heterocycles. The molecule has 6 heteroatoms. The predicted molar refractivity (Wildman–Crippen MR) is 66.5 cm³/mol. The fraction of sp³-hybridized carbons (Fsp3) is 0.700. The van der Waals surface area contributed by atoms with Gasteiger partial charge in [-0.15, -0.1) is 4.91 Å². The van der Waals surface area contributed by atoms with E-state index < -0.39 is 8.07 Å². The molecule has 0 aliphatic carbocycles. The van der Waals surface area contributed by atoms with Crippen LogP contribution in [-0.4, -0.2) is 24.5 Å². The van der Waals surface area contributed by atoms with Gasteiger partial charge in [0.25, 0.3) is 0 Å². The zero-order valence-electron chi connectivity index (χ0n) is 10.4. The molecular formula is C10H19N3O2Si. The molecule has 0 spiro atoms. The van der Waals surface area contributed by atoms with Gasteiger partial charge in [-0.3, -0.25) is 0 Å². The van der Waals surface area contributed by atoms with Crippen LogP contribution >= 0.6 is 0 Å². The van der Waals surface area contributed by atoms with Crippen LogP contribution in [0, 0.1) is 11.8 Å². The second kappa shape index (κ2) is 5.36. The van der Waals surface area contributed by atoms with Crippen molar-refractivity contribution in [1.82, 2.24) is 9.78 Å². The summed E-state index contributed by atoms with van der Waals surface area (Å²) in [5.41, 5.74) is 1.03. The topological polar surface area (TPSA) is 56.5 Å². The summed E-state index contributed by atoms with van der Waals surface area (Å²) in [5.74, 6) is 0. The molecule has 0 radical (unpaired) electrons. The van der Waals surface area contributed by atoms with Gasteiger partial charge < -0.3 is 4.74 Å². The van der Waals surface area contributed by atoms with Crippen molar-refractivity contribution in [3.05, 3.63) is 16.8 Å². The minimum Gasteiger partial charge on any atom is -0.360 e. The summed E-state index contributed by atoms with van der Waals surface area (Å²) < 4.78 is 7.11. The van der Waals surface area contributed by atoms with Crippen LogP contribution in [0.4, 0.5) is 5.69 Å². The molecule has 0 atom stereocenters. The molecule has 1 rings (SSSR count). The molecular weight excluding hydrogens is 222 g/mol. The Bertz CT molecular complexity index is 357. The van der Waals surface area contributed by atoms with Crippen LogP contribution in [-0.2, 0) is 11.5 Å². The molecule has 0 saturated carbocycles. The van der Waals surface area contributed by atoms with E-state index in [4.69, 9.17) is 4.74 Å². The monoisotopic (exact) mass is 241 g/mol. The maximum atomic E-state index is 10.4. The zero-order valence-corrected chi connectivity index (χ0v) is 11.4. The maximum Gasteiger partial charge on any atom is 0.148 e. The lowest BCUT2D eigenvalue weighted by molar-refractivity contribution is 0.0784. The predicted octanol–water partition coefficient (Wildman–Crippen LogP) is 2.90. The van der Waals surface area contributed by atoms with Crippen LogP contribution in [0.25, 0.3) is 0 Å². The van der Waals surface area contributed by atoms with Gasteiger partial charge in [-0.25, -0.2) is 4.68 Å². The summed E-state index contributed by atoms with van der Waals surface area (Å²) in [7, 11) is -1.03. The number of aromatic nitrogens is 2. The molecule has 0 amide bonds. The van der Waals surface area contributed by atoms with Crippen LogP contribution in [0.1, 0.15) is 5.69 Å². The first-order valence-corrected chi connectivity index (χ1v) is 9.08. The van der Waals surface area contributed by atoms with Crippen LogP contribution in [0.2, 0.25) is 25.7 Å². The molecule has 1 aromatic rings. The van der Waals surface area contributed by atoms with E-state index in [-0.39, 0.29) is 0 Å². The SMILES string of the molecule is Cc1nn(COCC[Si](C)(C)C)cc1N=O. The van der Waals surface area contributed by atoms with Crippen molar-refractivity contribution in [2.75, 3.05) is 6.61 Å². The zero-order chi connectivity index (χ0) is 12.2. The lowest BCUT2D eigenvalue weighted by Crippen LogP contribution is -2.22. The van der Waals surface area contributed by atoms with Crippen molar-refractivity contribution in [3.8, 4) is 0 Å². The normalized spacial score (nSPS) is 11.8. The van der Waals surface area contributed by atoms with Crippen LogP contribution in [0.15, 0.2) is 11.4 Å².